The Morgan fingerprint density at radius 3 is 2.19 bits per heavy atom. The van der Waals surface area contributed by atoms with E-state index in [2.05, 4.69) is 20.6 Å². The third-order valence-electron chi connectivity index (χ3n) is 4.65. The Morgan fingerprint density at radius 2 is 1.52 bits per heavy atom. The molecule has 0 spiro atoms. The highest BCUT2D eigenvalue weighted by molar-refractivity contribution is 6.30. The van der Waals surface area contributed by atoms with Crippen molar-refractivity contribution < 1.29 is 14.3 Å². The van der Waals surface area contributed by atoms with Gasteiger partial charge >= 0.3 is 0 Å². The van der Waals surface area contributed by atoms with Crippen molar-refractivity contribution in [3.63, 3.8) is 0 Å². The molecule has 8 heteroatoms. The normalized spacial score (nSPS) is 10.5. The van der Waals surface area contributed by atoms with Crippen molar-refractivity contribution in [2.45, 2.75) is 0 Å². The van der Waals surface area contributed by atoms with Crippen molar-refractivity contribution in [2.75, 3.05) is 24.9 Å². The number of halogens is 1. The predicted molar refractivity (Wildman–Crippen MR) is 122 cm³/mol. The molecule has 0 saturated heterocycles. The predicted octanol–water partition coefficient (Wildman–Crippen LogP) is 5.30. The van der Waals surface area contributed by atoms with E-state index >= 15 is 0 Å². The smallest absolute Gasteiger partial charge is 0.255 e. The van der Waals surface area contributed by atoms with Crippen LogP contribution in [0.2, 0.25) is 5.02 Å². The fraction of sp³-hybridized carbons (Fsp3) is 0.0870. The van der Waals surface area contributed by atoms with Gasteiger partial charge in [-0.25, -0.2) is 9.97 Å². The lowest BCUT2D eigenvalue weighted by atomic mass is 10.2. The molecule has 4 aromatic rings. The number of hydrogen-bond acceptors (Lipinski definition) is 6. The first-order valence-electron chi connectivity index (χ1n) is 9.38. The SMILES string of the molecule is COc1cc2ncnc(Nc3ccc(NC(=O)c4ccc(Cl)cc4)cc3)c2cc1OC. The van der Waals surface area contributed by atoms with Crippen molar-refractivity contribution in [3.05, 3.63) is 77.6 Å². The number of carbonyl (C=O) groups excluding carboxylic acids is 1. The molecule has 0 unspecified atom stereocenters. The van der Waals surface area contributed by atoms with Gasteiger partial charge in [0.05, 0.1) is 19.7 Å². The van der Waals surface area contributed by atoms with Gasteiger partial charge in [-0.2, -0.15) is 0 Å². The van der Waals surface area contributed by atoms with Gasteiger partial charge in [0, 0.05) is 33.4 Å². The molecule has 1 aromatic heterocycles. The molecule has 7 nitrogen and oxygen atoms in total. The molecular formula is C23H19ClN4O3. The van der Waals surface area contributed by atoms with Crippen LogP contribution in [0.25, 0.3) is 10.9 Å². The van der Waals surface area contributed by atoms with Crippen LogP contribution in [0.1, 0.15) is 10.4 Å². The van der Waals surface area contributed by atoms with E-state index in [0.29, 0.717) is 33.6 Å². The number of methoxy groups -OCH3 is 2. The number of nitrogens with zero attached hydrogens (tertiary/aromatic N) is 2. The zero-order valence-electron chi connectivity index (χ0n) is 16.8. The first-order chi connectivity index (χ1) is 15.1. The maximum absolute atomic E-state index is 12.4. The van der Waals surface area contributed by atoms with Crippen molar-refractivity contribution in [3.8, 4) is 11.5 Å². The maximum atomic E-state index is 12.4. The first-order valence-corrected chi connectivity index (χ1v) is 9.76. The van der Waals surface area contributed by atoms with E-state index in [9.17, 15) is 4.79 Å². The monoisotopic (exact) mass is 434 g/mol. The number of aromatic nitrogens is 2. The molecule has 1 amide bonds. The summed E-state index contributed by atoms with van der Waals surface area (Å²) in [6.07, 6.45) is 1.48. The summed E-state index contributed by atoms with van der Waals surface area (Å²) in [5.74, 6) is 1.61. The van der Waals surface area contributed by atoms with E-state index in [-0.39, 0.29) is 5.91 Å². The molecule has 156 valence electrons. The molecule has 2 N–H and O–H groups in total. The minimum Gasteiger partial charge on any atom is -0.493 e. The van der Waals surface area contributed by atoms with Gasteiger partial charge < -0.3 is 20.1 Å². The number of amides is 1. The van der Waals surface area contributed by atoms with Gasteiger partial charge in [0.25, 0.3) is 5.91 Å². The lowest BCUT2D eigenvalue weighted by molar-refractivity contribution is 0.102. The maximum Gasteiger partial charge on any atom is 0.255 e. The second-order valence-corrected chi connectivity index (χ2v) is 7.05. The van der Waals surface area contributed by atoms with Crippen LogP contribution >= 0.6 is 11.6 Å². The number of hydrogen-bond donors (Lipinski definition) is 2. The summed E-state index contributed by atoms with van der Waals surface area (Å²) in [6.45, 7) is 0. The molecule has 0 saturated carbocycles. The summed E-state index contributed by atoms with van der Waals surface area (Å²) in [5.41, 5.74) is 2.73. The Morgan fingerprint density at radius 1 is 0.871 bits per heavy atom. The van der Waals surface area contributed by atoms with Gasteiger partial charge in [-0.3, -0.25) is 4.79 Å². The van der Waals surface area contributed by atoms with Crippen molar-refractivity contribution in [2.24, 2.45) is 0 Å². The van der Waals surface area contributed by atoms with Crippen LogP contribution in [0.15, 0.2) is 67.0 Å². The fourth-order valence-electron chi connectivity index (χ4n) is 3.06. The highest BCUT2D eigenvalue weighted by Gasteiger charge is 2.11. The molecule has 3 aromatic carbocycles. The summed E-state index contributed by atoms with van der Waals surface area (Å²) in [5, 5.41) is 7.52. The minimum absolute atomic E-state index is 0.208. The Kier molecular flexibility index (Phi) is 5.86. The van der Waals surface area contributed by atoms with Crippen LogP contribution in [0.4, 0.5) is 17.2 Å². The zero-order valence-corrected chi connectivity index (χ0v) is 17.6. The van der Waals surface area contributed by atoms with E-state index in [1.54, 1.807) is 44.6 Å². The van der Waals surface area contributed by atoms with E-state index in [1.807, 2.05) is 30.3 Å². The van der Waals surface area contributed by atoms with Crippen LogP contribution < -0.4 is 20.1 Å². The minimum atomic E-state index is -0.208. The lowest BCUT2D eigenvalue weighted by Gasteiger charge is -2.12. The van der Waals surface area contributed by atoms with Gasteiger partial charge in [0.15, 0.2) is 11.5 Å². The summed E-state index contributed by atoms with van der Waals surface area (Å²) in [7, 11) is 3.16. The number of anilines is 3. The first kappa shape index (κ1) is 20.4. The molecule has 4 rings (SSSR count). The van der Waals surface area contributed by atoms with Crippen LogP contribution in [0.3, 0.4) is 0 Å². The summed E-state index contributed by atoms with van der Waals surface area (Å²) in [4.78, 5) is 21.0. The van der Waals surface area contributed by atoms with Crippen molar-refractivity contribution in [1.29, 1.82) is 0 Å². The molecule has 0 aliphatic heterocycles. The third kappa shape index (κ3) is 4.51. The third-order valence-corrected chi connectivity index (χ3v) is 4.90. The van der Waals surface area contributed by atoms with Crippen molar-refractivity contribution in [1.82, 2.24) is 9.97 Å². The van der Waals surface area contributed by atoms with Gasteiger partial charge in [-0.05, 0) is 54.6 Å². The molecule has 0 fully saturated rings. The van der Waals surface area contributed by atoms with E-state index in [1.165, 1.54) is 6.33 Å². The zero-order chi connectivity index (χ0) is 21.8. The lowest BCUT2D eigenvalue weighted by Crippen LogP contribution is -2.11. The standard InChI is InChI=1S/C23H19ClN4O3/c1-30-20-11-18-19(12-21(20)31-2)25-13-26-22(18)27-16-7-9-17(10-8-16)28-23(29)14-3-5-15(24)6-4-14/h3-13H,1-2H3,(H,28,29)(H,25,26,27). The van der Waals surface area contributed by atoms with E-state index in [0.717, 1.165) is 16.6 Å². The Hall–Kier alpha value is -3.84. The Labute approximate surface area is 184 Å². The van der Waals surface area contributed by atoms with Crippen molar-refractivity contribution >= 4 is 45.6 Å². The van der Waals surface area contributed by atoms with Crippen LogP contribution in [-0.2, 0) is 0 Å². The number of benzene rings is 3. The number of fused-ring (bicyclic) bond motifs is 1. The second kappa shape index (κ2) is 8.89. The molecule has 0 aliphatic rings. The summed E-state index contributed by atoms with van der Waals surface area (Å²) >= 11 is 5.87. The number of rotatable bonds is 6. The average molecular weight is 435 g/mol. The van der Waals surface area contributed by atoms with Crippen LogP contribution in [0.5, 0.6) is 11.5 Å². The number of nitrogens with one attached hydrogen (secondary N) is 2. The van der Waals surface area contributed by atoms with E-state index in [4.69, 9.17) is 21.1 Å². The molecule has 0 aliphatic carbocycles. The topological polar surface area (TPSA) is 85.4 Å². The van der Waals surface area contributed by atoms with Crippen LogP contribution in [0, 0.1) is 0 Å². The highest BCUT2D eigenvalue weighted by atomic mass is 35.5. The molecule has 31 heavy (non-hydrogen) atoms. The average Bonchev–Trinajstić information content (AvgIpc) is 2.80. The highest BCUT2D eigenvalue weighted by Crippen LogP contribution is 2.34. The fourth-order valence-corrected chi connectivity index (χ4v) is 3.19. The van der Waals surface area contributed by atoms with E-state index < -0.39 is 0 Å². The second-order valence-electron chi connectivity index (χ2n) is 6.61. The Balaban J connectivity index is 1.53. The van der Waals surface area contributed by atoms with Gasteiger partial charge in [-0.1, -0.05) is 11.6 Å². The molecule has 0 atom stereocenters. The summed E-state index contributed by atoms with van der Waals surface area (Å²) < 4.78 is 10.7. The molecule has 1 heterocycles. The quantitative estimate of drug-likeness (QED) is 0.428. The molecule has 0 bridgehead atoms. The number of carbonyl (C=O) groups is 1. The largest absolute Gasteiger partial charge is 0.493 e. The summed E-state index contributed by atoms with van der Waals surface area (Å²) in [6, 6.07) is 17.7. The van der Waals surface area contributed by atoms with Crippen LogP contribution in [-0.4, -0.2) is 30.1 Å². The van der Waals surface area contributed by atoms with Gasteiger partial charge in [0.2, 0.25) is 0 Å². The molecule has 0 radical (unpaired) electrons. The molecular weight excluding hydrogens is 416 g/mol. The Bertz CT molecular complexity index is 1230. The number of ether oxygens (including phenoxy) is 2. The van der Waals surface area contributed by atoms with Gasteiger partial charge in [-0.15, -0.1) is 0 Å². The van der Waals surface area contributed by atoms with Gasteiger partial charge in [0.1, 0.15) is 12.1 Å².